The van der Waals surface area contributed by atoms with Gasteiger partial charge >= 0.3 is 0 Å². The first-order valence-electron chi connectivity index (χ1n) is 6.27. The van der Waals surface area contributed by atoms with Crippen molar-refractivity contribution in [3.05, 3.63) is 29.8 Å². The number of nitrogens with zero attached hydrogens (tertiary/aromatic N) is 1. The predicted molar refractivity (Wildman–Crippen MR) is 71.7 cm³/mol. The number of amides is 1. The summed E-state index contributed by atoms with van der Waals surface area (Å²) in [6.45, 7) is 2.88. The van der Waals surface area contributed by atoms with E-state index in [0.717, 1.165) is 37.9 Å². The van der Waals surface area contributed by atoms with Crippen LogP contribution >= 0.6 is 11.6 Å². The van der Waals surface area contributed by atoms with Gasteiger partial charge in [-0.15, -0.1) is 11.6 Å². The van der Waals surface area contributed by atoms with Gasteiger partial charge in [0.25, 0.3) is 0 Å². The number of benzene rings is 1. The Kier molecular flexibility index (Phi) is 4.06. The maximum atomic E-state index is 12.2. The molecule has 1 aliphatic rings. The first-order valence-corrected chi connectivity index (χ1v) is 6.71. The SMILES string of the molecule is CCCC[C@@H](Cl)C(=O)N1CCc2ccccc21. The number of anilines is 1. The summed E-state index contributed by atoms with van der Waals surface area (Å²) in [4.78, 5) is 14.0. The predicted octanol–water partition coefficient (Wildman–Crippen LogP) is 3.37. The normalized spacial score (nSPS) is 15.8. The highest BCUT2D eigenvalue weighted by molar-refractivity contribution is 6.33. The van der Waals surface area contributed by atoms with Crippen LogP contribution in [0.25, 0.3) is 0 Å². The molecule has 0 aromatic heterocycles. The van der Waals surface area contributed by atoms with Crippen molar-refractivity contribution in [2.45, 2.75) is 38.0 Å². The molecule has 2 nitrogen and oxygen atoms in total. The van der Waals surface area contributed by atoms with Gasteiger partial charge in [0.2, 0.25) is 5.91 Å². The van der Waals surface area contributed by atoms with Crippen molar-refractivity contribution in [2.24, 2.45) is 0 Å². The fourth-order valence-electron chi connectivity index (χ4n) is 2.24. The molecule has 1 heterocycles. The van der Waals surface area contributed by atoms with Gasteiger partial charge in [-0.05, 0) is 24.5 Å². The summed E-state index contributed by atoms with van der Waals surface area (Å²) >= 11 is 6.17. The smallest absolute Gasteiger partial charge is 0.245 e. The van der Waals surface area contributed by atoms with E-state index in [1.807, 2.05) is 23.1 Å². The van der Waals surface area contributed by atoms with Gasteiger partial charge < -0.3 is 4.90 Å². The van der Waals surface area contributed by atoms with E-state index in [1.165, 1.54) is 5.56 Å². The lowest BCUT2D eigenvalue weighted by molar-refractivity contribution is -0.118. The van der Waals surface area contributed by atoms with Crippen molar-refractivity contribution in [3.8, 4) is 0 Å². The van der Waals surface area contributed by atoms with Crippen LogP contribution in [0.5, 0.6) is 0 Å². The summed E-state index contributed by atoms with van der Waals surface area (Å²) in [5.41, 5.74) is 2.29. The minimum absolute atomic E-state index is 0.0602. The second-order valence-electron chi connectivity index (χ2n) is 4.48. The van der Waals surface area contributed by atoms with Crippen molar-refractivity contribution >= 4 is 23.2 Å². The molecule has 1 aromatic carbocycles. The van der Waals surface area contributed by atoms with Crippen LogP contribution in [0, 0.1) is 0 Å². The van der Waals surface area contributed by atoms with Crippen LogP contribution in [-0.4, -0.2) is 17.8 Å². The molecule has 0 N–H and O–H groups in total. The summed E-state index contributed by atoms with van der Waals surface area (Å²) in [5, 5.41) is -0.374. The number of hydrogen-bond acceptors (Lipinski definition) is 1. The van der Waals surface area contributed by atoms with Crippen molar-refractivity contribution < 1.29 is 4.79 Å². The van der Waals surface area contributed by atoms with Crippen molar-refractivity contribution in [1.29, 1.82) is 0 Å². The lowest BCUT2D eigenvalue weighted by Gasteiger charge is -2.20. The number of halogens is 1. The topological polar surface area (TPSA) is 20.3 Å². The Hall–Kier alpha value is -1.02. The van der Waals surface area contributed by atoms with E-state index in [1.54, 1.807) is 0 Å². The molecule has 0 bridgehead atoms. The number of carbonyl (C=O) groups is 1. The number of hydrogen-bond donors (Lipinski definition) is 0. The number of alkyl halides is 1. The number of carbonyl (C=O) groups excluding carboxylic acids is 1. The number of fused-ring (bicyclic) bond motifs is 1. The molecular weight excluding hydrogens is 234 g/mol. The molecule has 0 aliphatic carbocycles. The Morgan fingerprint density at radius 1 is 1.47 bits per heavy atom. The molecule has 0 spiro atoms. The molecule has 17 heavy (non-hydrogen) atoms. The van der Waals surface area contributed by atoms with Gasteiger partial charge in [0.1, 0.15) is 5.38 Å². The van der Waals surface area contributed by atoms with Crippen LogP contribution < -0.4 is 4.90 Å². The molecule has 0 radical (unpaired) electrons. The molecule has 3 heteroatoms. The van der Waals surface area contributed by atoms with E-state index in [9.17, 15) is 4.79 Å². The summed E-state index contributed by atoms with van der Waals surface area (Å²) < 4.78 is 0. The number of unbranched alkanes of at least 4 members (excludes halogenated alkanes) is 1. The zero-order valence-corrected chi connectivity index (χ0v) is 10.9. The molecule has 0 saturated heterocycles. The van der Waals surface area contributed by atoms with Crippen LogP contribution in [0.3, 0.4) is 0 Å². The van der Waals surface area contributed by atoms with Gasteiger partial charge in [-0.1, -0.05) is 38.0 Å². The second kappa shape index (κ2) is 5.54. The highest BCUT2D eigenvalue weighted by Crippen LogP contribution is 2.29. The Morgan fingerprint density at radius 2 is 2.24 bits per heavy atom. The Morgan fingerprint density at radius 3 is 3.00 bits per heavy atom. The quantitative estimate of drug-likeness (QED) is 0.752. The standard InChI is InChI=1S/C14H18ClNO/c1-2-3-7-12(15)14(17)16-10-9-11-6-4-5-8-13(11)16/h4-6,8,12H,2-3,7,9-10H2,1H3/t12-/m1/s1. The molecule has 0 fully saturated rings. The Bertz CT molecular complexity index is 405. The van der Waals surface area contributed by atoms with Gasteiger partial charge in [0.05, 0.1) is 0 Å². The van der Waals surface area contributed by atoms with Gasteiger partial charge in [0.15, 0.2) is 0 Å². The fraction of sp³-hybridized carbons (Fsp3) is 0.500. The first-order chi connectivity index (χ1) is 8.24. The molecule has 0 saturated carbocycles. The second-order valence-corrected chi connectivity index (χ2v) is 5.01. The minimum Gasteiger partial charge on any atom is -0.311 e. The third kappa shape index (κ3) is 2.63. The average Bonchev–Trinajstić information content (AvgIpc) is 2.78. The Labute approximate surface area is 108 Å². The summed E-state index contributed by atoms with van der Waals surface area (Å²) in [5.74, 6) is 0.0602. The van der Waals surface area contributed by atoms with E-state index in [-0.39, 0.29) is 11.3 Å². The van der Waals surface area contributed by atoms with Crippen molar-refractivity contribution in [3.63, 3.8) is 0 Å². The van der Waals surface area contributed by atoms with Crippen LogP contribution in [0.1, 0.15) is 31.7 Å². The first kappa shape index (κ1) is 12.4. The van der Waals surface area contributed by atoms with Crippen LogP contribution in [0.15, 0.2) is 24.3 Å². The molecular formula is C14H18ClNO. The lowest BCUT2D eigenvalue weighted by atomic mass is 10.1. The van der Waals surface area contributed by atoms with Gasteiger partial charge in [0, 0.05) is 12.2 Å². The maximum Gasteiger partial charge on any atom is 0.245 e. The van der Waals surface area contributed by atoms with Gasteiger partial charge in [-0.25, -0.2) is 0 Å². The average molecular weight is 252 g/mol. The molecule has 1 aromatic rings. The number of para-hydroxylation sites is 1. The monoisotopic (exact) mass is 251 g/mol. The molecule has 92 valence electrons. The zero-order valence-electron chi connectivity index (χ0n) is 10.2. The van der Waals surface area contributed by atoms with E-state index in [4.69, 9.17) is 11.6 Å². The highest BCUT2D eigenvalue weighted by atomic mass is 35.5. The van der Waals surface area contributed by atoms with E-state index < -0.39 is 0 Å². The van der Waals surface area contributed by atoms with Crippen molar-refractivity contribution in [2.75, 3.05) is 11.4 Å². The molecule has 1 atom stereocenters. The molecule has 1 amide bonds. The van der Waals surface area contributed by atoms with Crippen molar-refractivity contribution in [1.82, 2.24) is 0 Å². The van der Waals surface area contributed by atoms with Crippen LogP contribution in [0.2, 0.25) is 0 Å². The lowest BCUT2D eigenvalue weighted by Crippen LogP contribution is -2.35. The van der Waals surface area contributed by atoms with E-state index in [0.29, 0.717) is 0 Å². The van der Waals surface area contributed by atoms with E-state index in [2.05, 4.69) is 13.0 Å². The van der Waals surface area contributed by atoms with Gasteiger partial charge in [-0.2, -0.15) is 0 Å². The van der Waals surface area contributed by atoms with Gasteiger partial charge in [-0.3, -0.25) is 4.79 Å². The fourth-order valence-corrected chi connectivity index (χ4v) is 2.52. The molecule has 2 rings (SSSR count). The van der Waals surface area contributed by atoms with Crippen LogP contribution in [0.4, 0.5) is 5.69 Å². The minimum atomic E-state index is -0.374. The van der Waals surface area contributed by atoms with E-state index >= 15 is 0 Å². The third-order valence-electron chi connectivity index (χ3n) is 3.23. The highest BCUT2D eigenvalue weighted by Gasteiger charge is 2.28. The third-order valence-corrected chi connectivity index (χ3v) is 3.64. The summed E-state index contributed by atoms with van der Waals surface area (Å²) in [6, 6.07) is 8.07. The largest absolute Gasteiger partial charge is 0.311 e. The Balaban J connectivity index is 2.07. The maximum absolute atomic E-state index is 12.2. The zero-order chi connectivity index (χ0) is 12.3. The molecule has 0 unspecified atom stereocenters. The summed E-state index contributed by atoms with van der Waals surface area (Å²) in [6.07, 6.45) is 3.80. The van der Waals surface area contributed by atoms with Crippen LogP contribution in [-0.2, 0) is 11.2 Å². The summed E-state index contributed by atoms with van der Waals surface area (Å²) in [7, 11) is 0. The number of rotatable bonds is 4. The molecule has 1 aliphatic heterocycles.